The number of fused-ring (bicyclic) bond motifs is 1. The Morgan fingerprint density at radius 3 is 2.12 bits per heavy atom. The zero-order valence-corrected chi connectivity index (χ0v) is 17.5. The second-order valence-corrected chi connectivity index (χ2v) is 7.93. The maximum absolute atomic E-state index is 12.6. The van der Waals surface area contributed by atoms with Gasteiger partial charge in [-0.05, 0) is 29.8 Å². The Morgan fingerprint density at radius 2 is 1.47 bits per heavy atom. The van der Waals surface area contributed by atoms with Crippen LogP contribution in [0, 0.1) is 0 Å². The summed E-state index contributed by atoms with van der Waals surface area (Å²) in [6, 6.07) is 23.1. The number of benzene rings is 3. The number of anilines is 1. The van der Waals surface area contributed by atoms with E-state index >= 15 is 0 Å². The molecule has 7 nitrogen and oxygen atoms in total. The summed E-state index contributed by atoms with van der Waals surface area (Å²) in [5.74, 6) is -0.369. The van der Waals surface area contributed by atoms with Gasteiger partial charge in [0.25, 0.3) is 17.7 Å². The Kier molecular flexibility index (Phi) is 5.04. The summed E-state index contributed by atoms with van der Waals surface area (Å²) in [4.78, 5) is 43.2. The van der Waals surface area contributed by atoms with E-state index in [9.17, 15) is 14.4 Å². The Balaban J connectivity index is 1.25. The second-order valence-electron chi connectivity index (χ2n) is 7.18. The highest BCUT2D eigenvalue weighted by atomic mass is 32.1. The van der Waals surface area contributed by atoms with Crippen LogP contribution in [0.1, 0.15) is 36.6 Å². The predicted octanol–water partition coefficient (Wildman–Crippen LogP) is 4.25. The van der Waals surface area contributed by atoms with Gasteiger partial charge < -0.3 is 0 Å². The van der Waals surface area contributed by atoms with Gasteiger partial charge in [0.2, 0.25) is 5.13 Å². The summed E-state index contributed by atoms with van der Waals surface area (Å²) in [6.07, 6.45) is 0. The first-order chi connectivity index (χ1) is 15.6. The summed E-state index contributed by atoms with van der Waals surface area (Å²) >= 11 is 1.11. The molecule has 0 saturated carbocycles. The lowest BCUT2D eigenvalue weighted by Gasteiger charge is -2.14. The lowest BCUT2D eigenvalue weighted by atomic mass is 10.1. The van der Waals surface area contributed by atoms with E-state index in [-0.39, 0.29) is 24.3 Å². The van der Waals surface area contributed by atoms with Crippen LogP contribution in [0.15, 0.2) is 78.9 Å². The van der Waals surface area contributed by atoms with Crippen molar-refractivity contribution in [2.75, 3.05) is 5.32 Å². The number of carbonyl (C=O) groups is 3. The van der Waals surface area contributed by atoms with Gasteiger partial charge in [0.15, 0.2) is 5.82 Å². The lowest BCUT2D eigenvalue weighted by Crippen LogP contribution is -2.29. The molecule has 0 aliphatic carbocycles. The van der Waals surface area contributed by atoms with Gasteiger partial charge in [-0.3, -0.25) is 24.6 Å². The van der Waals surface area contributed by atoms with Gasteiger partial charge in [-0.15, -0.1) is 0 Å². The fraction of sp³-hybridized carbons (Fsp3) is 0.0417. The van der Waals surface area contributed by atoms with Crippen LogP contribution < -0.4 is 5.32 Å². The third-order valence-electron chi connectivity index (χ3n) is 5.11. The van der Waals surface area contributed by atoms with E-state index in [1.165, 1.54) is 4.90 Å². The van der Waals surface area contributed by atoms with Gasteiger partial charge in [-0.25, -0.2) is 0 Å². The number of amides is 3. The Labute approximate surface area is 187 Å². The summed E-state index contributed by atoms with van der Waals surface area (Å²) < 4.78 is 4.28. The Morgan fingerprint density at radius 1 is 0.844 bits per heavy atom. The zero-order valence-electron chi connectivity index (χ0n) is 16.7. The molecule has 4 aromatic rings. The minimum absolute atomic E-state index is 0.144. The standard InChI is InChI=1S/C24H16N4O3S/c29-21(26-24-25-20(27-32-24)16-6-2-1-3-7-16)17-12-10-15(11-13-17)14-28-22(30)18-8-4-5-9-19(18)23(28)31/h1-13H,14H2,(H,25,26,27,29). The molecule has 3 aromatic carbocycles. The average Bonchev–Trinajstić information content (AvgIpc) is 3.39. The highest BCUT2D eigenvalue weighted by Gasteiger charge is 2.34. The second kappa shape index (κ2) is 8.16. The quantitative estimate of drug-likeness (QED) is 0.468. The van der Waals surface area contributed by atoms with Crippen LogP contribution >= 0.6 is 11.5 Å². The third kappa shape index (κ3) is 3.67. The fourth-order valence-electron chi connectivity index (χ4n) is 3.47. The number of nitrogens with zero attached hydrogens (tertiary/aromatic N) is 3. The highest BCUT2D eigenvalue weighted by molar-refractivity contribution is 7.10. The van der Waals surface area contributed by atoms with Gasteiger partial charge in [0.05, 0.1) is 17.7 Å². The van der Waals surface area contributed by atoms with Crippen LogP contribution in [-0.4, -0.2) is 32.0 Å². The smallest absolute Gasteiger partial charge is 0.261 e. The third-order valence-corrected chi connectivity index (χ3v) is 5.74. The molecule has 0 bridgehead atoms. The molecule has 1 aliphatic heterocycles. The topological polar surface area (TPSA) is 92.3 Å². The van der Waals surface area contributed by atoms with Crippen LogP contribution in [0.2, 0.25) is 0 Å². The monoisotopic (exact) mass is 440 g/mol. The zero-order chi connectivity index (χ0) is 22.1. The number of hydrogen-bond acceptors (Lipinski definition) is 6. The Hall–Kier alpha value is -4.17. The molecule has 1 aromatic heterocycles. The lowest BCUT2D eigenvalue weighted by molar-refractivity contribution is 0.0642. The van der Waals surface area contributed by atoms with Gasteiger partial charge in [-0.2, -0.15) is 9.36 Å². The molecule has 1 N–H and O–H groups in total. The maximum atomic E-state index is 12.6. The molecule has 0 spiro atoms. The van der Waals surface area contributed by atoms with Crippen molar-refractivity contribution in [3.63, 3.8) is 0 Å². The van der Waals surface area contributed by atoms with Gasteiger partial charge in [0.1, 0.15) is 0 Å². The van der Waals surface area contributed by atoms with Crippen molar-refractivity contribution in [3.8, 4) is 11.4 Å². The molecule has 1 aliphatic rings. The molecule has 3 amide bonds. The summed E-state index contributed by atoms with van der Waals surface area (Å²) in [5, 5.41) is 3.16. The van der Waals surface area contributed by atoms with Crippen molar-refractivity contribution < 1.29 is 14.4 Å². The molecule has 156 valence electrons. The SMILES string of the molecule is O=C(Nc1nc(-c2ccccc2)ns1)c1ccc(CN2C(=O)c3ccccc3C2=O)cc1. The largest absolute Gasteiger partial charge is 0.297 e. The minimum Gasteiger partial charge on any atom is -0.297 e. The number of carbonyl (C=O) groups excluding carboxylic acids is 3. The first-order valence-electron chi connectivity index (χ1n) is 9.85. The number of hydrogen-bond donors (Lipinski definition) is 1. The van der Waals surface area contributed by atoms with Gasteiger partial charge in [-0.1, -0.05) is 54.6 Å². The van der Waals surface area contributed by atoms with Crippen LogP contribution in [0.4, 0.5) is 5.13 Å². The van der Waals surface area contributed by atoms with Crippen LogP contribution in [-0.2, 0) is 6.54 Å². The van der Waals surface area contributed by atoms with E-state index in [1.807, 2.05) is 30.3 Å². The summed E-state index contributed by atoms with van der Waals surface area (Å²) in [7, 11) is 0. The van der Waals surface area contributed by atoms with E-state index in [1.54, 1.807) is 48.5 Å². The fourth-order valence-corrected chi connectivity index (χ4v) is 4.06. The molecule has 8 heteroatoms. The summed E-state index contributed by atoms with van der Waals surface area (Å²) in [6.45, 7) is 0.144. The molecule has 32 heavy (non-hydrogen) atoms. The Bertz CT molecular complexity index is 1300. The molecule has 0 fully saturated rings. The van der Waals surface area contributed by atoms with Crippen LogP contribution in [0.3, 0.4) is 0 Å². The van der Waals surface area contributed by atoms with E-state index < -0.39 is 0 Å². The van der Waals surface area contributed by atoms with Crippen molar-refractivity contribution in [2.24, 2.45) is 0 Å². The highest BCUT2D eigenvalue weighted by Crippen LogP contribution is 2.25. The number of rotatable bonds is 5. The van der Waals surface area contributed by atoms with Crippen molar-refractivity contribution >= 4 is 34.4 Å². The van der Waals surface area contributed by atoms with Crippen LogP contribution in [0.25, 0.3) is 11.4 Å². The number of nitrogens with one attached hydrogen (secondary N) is 1. The van der Waals surface area contributed by atoms with Gasteiger partial charge >= 0.3 is 0 Å². The van der Waals surface area contributed by atoms with E-state index in [0.29, 0.717) is 27.6 Å². The number of aromatic nitrogens is 2. The molecule has 0 unspecified atom stereocenters. The first-order valence-corrected chi connectivity index (χ1v) is 10.6. The predicted molar refractivity (Wildman–Crippen MR) is 120 cm³/mol. The molecule has 2 heterocycles. The minimum atomic E-state index is -0.312. The van der Waals surface area contributed by atoms with Crippen LogP contribution in [0.5, 0.6) is 0 Å². The number of imide groups is 1. The molecule has 5 rings (SSSR count). The van der Waals surface area contributed by atoms with E-state index in [4.69, 9.17) is 0 Å². The average molecular weight is 440 g/mol. The van der Waals surface area contributed by atoms with E-state index in [2.05, 4.69) is 14.7 Å². The summed E-state index contributed by atoms with van der Waals surface area (Å²) in [5.41, 5.74) is 2.90. The normalized spacial score (nSPS) is 12.7. The molecule has 0 atom stereocenters. The first kappa shape index (κ1) is 19.8. The van der Waals surface area contributed by atoms with Gasteiger partial charge in [0, 0.05) is 22.7 Å². The molecule has 0 radical (unpaired) electrons. The van der Waals surface area contributed by atoms with E-state index in [0.717, 1.165) is 22.7 Å². The molecular weight excluding hydrogens is 424 g/mol. The van der Waals surface area contributed by atoms with Crippen molar-refractivity contribution in [1.29, 1.82) is 0 Å². The molecule has 0 saturated heterocycles. The molecular formula is C24H16N4O3S. The van der Waals surface area contributed by atoms with Crippen molar-refractivity contribution in [3.05, 3.63) is 101 Å². The van der Waals surface area contributed by atoms with Crippen molar-refractivity contribution in [1.82, 2.24) is 14.3 Å². The van der Waals surface area contributed by atoms with Crippen molar-refractivity contribution in [2.45, 2.75) is 6.54 Å². The maximum Gasteiger partial charge on any atom is 0.261 e.